The van der Waals surface area contributed by atoms with Crippen LogP contribution in [0.5, 0.6) is 0 Å². The van der Waals surface area contributed by atoms with E-state index in [1.807, 2.05) is 13.8 Å². The number of carbonyl (C=O) groups is 1. The highest BCUT2D eigenvalue weighted by Crippen LogP contribution is 2.33. The molecule has 0 aromatic carbocycles. The first-order chi connectivity index (χ1) is 12.8. The van der Waals surface area contributed by atoms with Crippen molar-refractivity contribution >= 4 is 23.1 Å². The number of anilines is 1. The molecule has 3 atom stereocenters. The molecule has 3 rings (SSSR count). The SMILES string of the molecule is C#CCn1c(=O)n([C@@H]2O[C@H](OC(C)C)C[C@H]2OC(C)=O)c2nc(N)ncc21. The second-order valence-corrected chi connectivity index (χ2v) is 6.40. The summed E-state index contributed by atoms with van der Waals surface area (Å²) in [7, 11) is 0. The molecule has 0 unspecified atom stereocenters. The smallest absolute Gasteiger partial charge is 0.333 e. The van der Waals surface area contributed by atoms with Crippen LogP contribution in [0.3, 0.4) is 0 Å². The Balaban J connectivity index is 2.12. The summed E-state index contributed by atoms with van der Waals surface area (Å²) < 4.78 is 19.5. The van der Waals surface area contributed by atoms with Gasteiger partial charge >= 0.3 is 11.7 Å². The highest BCUT2D eigenvalue weighted by atomic mass is 16.7. The molecule has 0 bridgehead atoms. The van der Waals surface area contributed by atoms with E-state index in [9.17, 15) is 9.59 Å². The number of hydrogen-bond acceptors (Lipinski definition) is 8. The van der Waals surface area contributed by atoms with Crippen LogP contribution in [0.25, 0.3) is 11.2 Å². The maximum atomic E-state index is 13.0. The monoisotopic (exact) mass is 375 g/mol. The Bertz CT molecular complexity index is 957. The molecule has 1 aliphatic rings. The molecule has 2 aromatic heterocycles. The van der Waals surface area contributed by atoms with Gasteiger partial charge in [-0.25, -0.2) is 14.3 Å². The van der Waals surface area contributed by atoms with Gasteiger partial charge in [-0.15, -0.1) is 6.42 Å². The van der Waals surface area contributed by atoms with Gasteiger partial charge in [-0.1, -0.05) is 5.92 Å². The zero-order valence-electron chi connectivity index (χ0n) is 15.3. The van der Waals surface area contributed by atoms with Gasteiger partial charge in [0.1, 0.15) is 5.52 Å². The molecule has 0 saturated carbocycles. The van der Waals surface area contributed by atoms with Crippen molar-refractivity contribution in [2.45, 2.75) is 58.5 Å². The van der Waals surface area contributed by atoms with Gasteiger partial charge in [0.05, 0.1) is 18.8 Å². The molecule has 0 aliphatic carbocycles. The lowest BCUT2D eigenvalue weighted by Gasteiger charge is -2.19. The molecule has 27 heavy (non-hydrogen) atoms. The fourth-order valence-corrected chi connectivity index (χ4v) is 3.09. The lowest BCUT2D eigenvalue weighted by Crippen LogP contribution is -2.33. The summed E-state index contributed by atoms with van der Waals surface area (Å²) in [4.78, 5) is 32.6. The van der Waals surface area contributed by atoms with Crippen molar-refractivity contribution in [3.63, 3.8) is 0 Å². The third-order valence-electron chi connectivity index (χ3n) is 4.00. The first kappa shape index (κ1) is 18.9. The Morgan fingerprint density at radius 1 is 1.56 bits per heavy atom. The minimum atomic E-state index is -0.930. The van der Waals surface area contributed by atoms with Gasteiger partial charge < -0.3 is 19.9 Å². The largest absolute Gasteiger partial charge is 0.458 e. The van der Waals surface area contributed by atoms with Crippen LogP contribution in [0.1, 0.15) is 33.4 Å². The molecule has 1 aliphatic heterocycles. The molecule has 3 heterocycles. The molecule has 0 amide bonds. The maximum absolute atomic E-state index is 13.0. The van der Waals surface area contributed by atoms with E-state index in [0.29, 0.717) is 5.52 Å². The van der Waals surface area contributed by atoms with E-state index in [4.69, 9.17) is 26.4 Å². The number of nitrogens with zero attached hydrogens (tertiary/aromatic N) is 4. The second kappa shape index (κ2) is 7.38. The third kappa shape index (κ3) is 3.65. The topological polar surface area (TPSA) is 123 Å². The number of nitrogens with two attached hydrogens (primary N) is 1. The van der Waals surface area contributed by atoms with E-state index in [-0.39, 0.29) is 30.7 Å². The third-order valence-corrected chi connectivity index (χ3v) is 4.00. The number of carbonyl (C=O) groups excluding carboxylic acids is 1. The summed E-state index contributed by atoms with van der Waals surface area (Å²) in [6, 6.07) is 0. The first-order valence-electron chi connectivity index (χ1n) is 8.46. The summed E-state index contributed by atoms with van der Waals surface area (Å²) in [5.74, 6) is 1.93. The van der Waals surface area contributed by atoms with Gasteiger partial charge in [-0.2, -0.15) is 4.98 Å². The van der Waals surface area contributed by atoms with Crippen LogP contribution in [0.15, 0.2) is 11.0 Å². The number of imidazole rings is 1. The molecule has 10 nitrogen and oxygen atoms in total. The molecule has 2 aromatic rings. The molecule has 1 fully saturated rings. The quantitative estimate of drug-likeness (QED) is 0.589. The second-order valence-electron chi connectivity index (χ2n) is 6.40. The highest BCUT2D eigenvalue weighted by molar-refractivity contribution is 5.72. The lowest BCUT2D eigenvalue weighted by molar-refractivity contribution is -0.175. The number of nitrogen functional groups attached to an aromatic ring is 1. The Labute approximate surface area is 155 Å². The lowest BCUT2D eigenvalue weighted by atomic mass is 10.2. The zero-order valence-corrected chi connectivity index (χ0v) is 15.3. The molecule has 0 spiro atoms. The average molecular weight is 375 g/mol. The van der Waals surface area contributed by atoms with Gasteiger partial charge in [0.25, 0.3) is 0 Å². The highest BCUT2D eigenvalue weighted by Gasteiger charge is 2.42. The van der Waals surface area contributed by atoms with Gasteiger partial charge in [0.15, 0.2) is 24.3 Å². The van der Waals surface area contributed by atoms with Crippen molar-refractivity contribution in [3.8, 4) is 12.3 Å². The van der Waals surface area contributed by atoms with Crippen LogP contribution in [-0.2, 0) is 25.5 Å². The van der Waals surface area contributed by atoms with Crippen LogP contribution in [-0.4, -0.2) is 43.6 Å². The van der Waals surface area contributed by atoms with Gasteiger partial charge in [-0.3, -0.25) is 9.36 Å². The fraction of sp³-hybridized carbons (Fsp3) is 0.529. The Hall–Kier alpha value is -2.90. The predicted molar refractivity (Wildman–Crippen MR) is 95.3 cm³/mol. The maximum Gasteiger partial charge on any atom is 0.333 e. The molecule has 144 valence electrons. The fourth-order valence-electron chi connectivity index (χ4n) is 3.09. The summed E-state index contributed by atoms with van der Waals surface area (Å²) in [6.45, 7) is 5.03. The Kier molecular flexibility index (Phi) is 5.16. The standard InChI is InChI=1S/C17H21N5O5/c1-5-6-21-11-8-19-16(18)20-14(11)22(17(21)24)15-12(26-10(4)23)7-13(27-15)25-9(2)3/h1,8-9,12-13,15H,6-7H2,2-4H3,(H2,18,19,20)/t12-,13+,15-/m1/s1. The van der Waals surface area contributed by atoms with E-state index < -0.39 is 30.3 Å². The zero-order chi connectivity index (χ0) is 19.7. The minimum Gasteiger partial charge on any atom is -0.458 e. The van der Waals surface area contributed by atoms with Gasteiger partial charge in [-0.05, 0) is 13.8 Å². The van der Waals surface area contributed by atoms with Gasteiger partial charge in [0.2, 0.25) is 5.95 Å². The van der Waals surface area contributed by atoms with Crippen molar-refractivity contribution in [2.75, 3.05) is 5.73 Å². The number of aromatic nitrogens is 4. The first-order valence-corrected chi connectivity index (χ1v) is 8.46. The summed E-state index contributed by atoms with van der Waals surface area (Å²) in [5.41, 5.74) is 5.89. The molecular weight excluding hydrogens is 354 g/mol. The summed E-state index contributed by atoms with van der Waals surface area (Å²) in [5, 5.41) is 0. The summed E-state index contributed by atoms with van der Waals surface area (Å²) >= 11 is 0. The number of esters is 1. The molecule has 2 N–H and O–H groups in total. The number of fused-ring (bicyclic) bond motifs is 1. The van der Waals surface area contributed by atoms with Crippen molar-refractivity contribution in [1.29, 1.82) is 0 Å². The van der Waals surface area contributed by atoms with Crippen LogP contribution < -0.4 is 11.4 Å². The van der Waals surface area contributed by atoms with Crippen LogP contribution in [0.2, 0.25) is 0 Å². The van der Waals surface area contributed by atoms with Crippen LogP contribution in [0, 0.1) is 12.3 Å². The number of rotatable bonds is 5. The number of terminal acetylenes is 1. The van der Waals surface area contributed by atoms with Crippen LogP contribution in [0.4, 0.5) is 5.95 Å². The van der Waals surface area contributed by atoms with Crippen molar-refractivity contribution < 1.29 is 19.0 Å². The number of hydrogen-bond donors (Lipinski definition) is 1. The van der Waals surface area contributed by atoms with E-state index in [1.165, 1.54) is 22.3 Å². The molecule has 1 saturated heterocycles. The van der Waals surface area contributed by atoms with Crippen molar-refractivity contribution in [1.82, 2.24) is 19.1 Å². The summed E-state index contributed by atoms with van der Waals surface area (Å²) in [6.07, 6.45) is 4.66. The van der Waals surface area contributed by atoms with E-state index in [1.54, 1.807) is 0 Å². The van der Waals surface area contributed by atoms with E-state index >= 15 is 0 Å². The van der Waals surface area contributed by atoms with E-state index in [2.05, 4.69) is 15.9 Å². The Morgan fingerprint density at radius 3 is 2.93 bits per heavy atom. The molecule has 10 heteroatoms. The van der Waals surface area contributed by atoms with E-state index in [0.717, 1.165) is 0 Å². The normalized spacial score (nSPS) is 22.3. The minimum absolute atomic E-state index is 0.00822. The Morgan fingerprint density at radius 2 is 2.30 bits per heavy atom. The predicted octanol–water partition coefficient (Wildman–Crippen LogP) is 0.410. The number of ether oxygens (including phenoxy) is 3. The molecule has 0 radical (unpaired) electrons. The van der Waals surface area contributed by atoms with Crippen LogP contribution >= 0.6 is 0 Å². The van der Waals surface area contributed by atoms with Gasteiger partial charge in [0, 0.05) is 13.3 Å². The average Bonchev–Trinajstić information content (AvgIpc) is 3.05. The van der Waals surface area contributed by atoms with Crippen molar-refractivity contribution in [3.05, 3.63) is 16.7 Å². The van der Waals surface area contributed by atoms with Crippen molar-refractivity contribution in [2.24, 2.45) is 0 Å². The molecular formula is C17H21N5O5.